The second-order valence-corrected chi connectivity index (χ2v) is 6.09. The van der Waals surface area contributed by atoms with E-state index in [0.717, 1.165) is 24.8 Å². The molecule has 21 heavy (non-hydrogen) atoms. The minimum absolute atomic E-state index is 0.0650. The van der Waals surface area contributed by atoms with Crippen molar-refractivity contribution in [2.75, 3.05) is 0 Å². The van der Waals surface area contributed by atoms with E-state index in [1.807, 2.05) is 18.2 Å². The van der Waals surface area contributed by atoms with Gasteiger partial charge < -0.3 is 0 Å². The summed E-state index contributed by atoms with van der Waals surface area (Å²) >= 11 is 3.09. The molecule has 0 amide bonds. The molecular weight excluding hydrogens is 338 g/mol. The molecule has 110 valence electrons. The third kappa shape index (κ3) is 2.61. The molecule has 0 bridgehead atoms. The third-order valence-corrected chi connectivity index (χ3v) is 4.60. The van der Waals surface area contributed by atoms with Crippen molar-refractivity contribution >= 4 is 15.9 Å². The number of nitrogens with two attached hydrogens (primary N) is 1. The normalized spacial score (nSPS) is 15.0. The summed E-state index contributed by atoms with van der Waals surface area (Å²) in [5, 5.41) is 0. The molecule has 3 N–H and O–H groups in total. The van der Waals surface area contributed by atoms with Crippen LogP contribution in [0.1, 0.15) is 34.7 Å². The summed E-state index contributed by atoms with van der Waals surface area (Å²) in [6, 6.07) is 7.77. The summed E-state index contributed by atoms with van der Waals surface area (Å²) in [4.78, 5) is 0. The van der Waals surface area contributed by atoms with E-state index in [1.165, 1.54) is 23.3 Å². The fourth-order valence-corrected chi connectivity index (χ4v) is 3.27. The topological polar surface area (TPSA) is 38.0 Å². The molecule has 2 nitrogen and oxygen atoms in total. The Hall–Kier alpha value is -1.30. The number of hydrazine groups is 1. The van der Waals surface area contributed by atoms with Gasteiger partial charge in [0, 0.05) is 5.56 Å². The van der Waals surface area contributed by atoms with E-state index in [9.17, 15) is 8.78 Å². The summed E-state index contributed by atoms with van der Waals surface area (Å²) in [5.74, 6) is 4.33. The largest absolute Gasteiger partial charge is 0.271 e. The number of rotatable bonds is 3. The van der Waals surface area contributed by atoms with Crippen LogP contribution in [0.4, 0.5) is 8.78 Å². The van der Waals surface area contributed by atoms with Gasteiger partial charge in [-0.05, 0) is 64.0 Å². The smallest absolute Gasteiger partial charge is 0.145 e. The zero-order valence-electron chi connectivity index (χ0n) is 11.3. The zero-order valence-corrected chi connectivity index (χ0v) is 12.9. The molecule has 0 aliphatic heterocycles. The van der Waals surface area contributed by atoms with Gasteiger partial charge in [-0.15, -0.1) is 0 Å². The summed E-state index contributed by atoms with van der Waals surface area (Å²) in [6.45, 7) is 0. The van der Waals surface area contributed by atoms with Gasteiger partial charge in [0.2, 0.25) is 0 Å². The molecule has 0 fully saturated rings. The Morgan fingerprint density at radius 3 is 2.62 bits per heavy atom. The SMILES string of the molecule is NNC(c1ccc2c(c1)CCC2)c1c(F)ccc(Br)c1F. The lowest BCUT2D eigenvalue weighted by molar-refractivity contribution is 0.507. The highest BCUT2D eigenvalue weighted by Gasteiger charge is 2.24. The van der Waals surface area contributed by atoms with Gasteiger partial charge in [0.1, 0.15) is 11.6 Å². The second-order valence-electron chi connectivity index (χ2n) is 5.24. The highest BCUT2D eigenvalue weighted by Crippen LogP contribution is 2.32. The van der Waals surface area contributed by atoms with Crippen LogP contribution in [0.25, 0.3) is 0 Å². The molecule has 1 aliphatic rings. The molecule has 5 heteroatoms. The standard InChI is InChI=1S/C16H15BrF2N2/c17-12-6-7-13(18)14(15(12)19)16(21-20)11-5-4-9-2-1-3-10(9)8-11/h4-8,16,21H,1-3,20H2. The van der Waals surface area contributed by atoms with E-state index < -0.39 is 17.7 Å². The highest BCUT2D eigenvalue weighted by atomic mass is 79.9. The van der Waals surface area contributed by atoms with Crippen LogP contribution >= 0.6 is 15.9 Å². The van der Waals surface area contributed by atoms with E-state index in [0.29, 0.717) is 0 Å². The molecule has 0 heterocycles. The Morgan fingerprint density at radius 2 is 1.86 bits per heavy atom. The van der Waals surface area contributed by atoms with Gasteiger partial charge in [0.25, 0.3) is 0 Å². The first kappa shape index (κ1) is 14.6. The van der Waals surface area contributed by atoms with Gasteiger partial charge >= 0.3 is 0 Å². The number of benzene rings is 2. The number of fused-ring (bicyclic) bond motifs is 1. The first-order valence-electron chi connectivity index (χ1n) is 6.83. The van der Waals surface area contributed by atoms with Gasteiger partial charge in [-0.25, -0.2) is 14.2 Å². The minimum atomic E-state index is -0.714. The molecule has 2 aromatic carbocycles. The number of hydrogen-bond donors (Lipinski definition) is 2. The van der Waals surface area contributed by atoms with E-state index >= 15 is 0 Å². The van der Waals surface area contributed by atoms with Crippen LogP contribution in [0.2, 0.25) is 0 Å². The third-order valence-electron chi connectivity index (χ3n) is 3.99. The van der Waals surface area contributed by atoms with E-state index in [-0.39, 0.29) is 10.0 Å². The van der Waals surface area contributed by atoms with Crippen molar-refractivity contribution in [1.82, 2.24) is 5.43 Å². The minimum Gasteiger partial charge on any atom is -0.271 e. The Balaban J connectivity index is 2.09. The molecule has 1 atom stereocenters. The van der Waals surface area contributed by atoms with Crippen LogP contribution in [0.15, 0.2) is 34.8 Å². The molecular formula is C16H15BrF2N2. The second kappa shape index (κ2) is 5.83. The summed E-state index contributed by atoms with van der Waals surface area (Å²) < 4.78 is 28.6. The van der Waals surface area contributed by atoms with E-state index in [1.54, 1.807) is 0 Å². The average Bonchev–Trinajstić information content (AvgIpc) is 2.95. The maximum absolute atomic E-state index is 14.3. The van der Waals surface area contributed by atoms with Crippen LogP contribution in [0.3, 0.4) is 0 Å². The Labute approximate surface area is 130 Å². The van der Waals surface area contributed by atoms with Crippen LogP contribution in [-0.4, -0.2) is 0 Å². The van der Waals surface area contributed by atoms with E-state index in [2.05, 4.69) is 21.4 Å². The quantitative estimate of drug-likeness (QED) is 0.501. The highest BCUT2D eigenvalue weighted by molar-refractivity contribution is 9.10. The molecule has 0 saturated heterocycles. The average molecular weight is 353 g/mol. The molecule has 1 unspecified atom stereocenters. The van der Waals surface area contributed by atoms with Crippen molar-refractivity contribution in [2.24, 2.45) is 5.84 Å². The van der Waals surface area contributed by atoms with Crippen LogP contribution in [0.5, 0.6) is 0 Å². The van der Waals surface area contributed by atoms with Gasteiger partial charge in [0.15, 0.2) is 0 Å². The first-order valence-corrected chi connectivity index (χ1v) is 7.62. The summed E-state index contributed by atoms with van der Waals surface area (Å²) in [6.07, 6.45) is 3.19. The Bertz CT molecular complexity index is 688. The van der Waals surface area contributed by atoms with Crippen molar-refractivity contribution in [2.45, 2.75) is 25.3 Å². The first-order chi connectivity index (χ1) is 10.1. The lowest BCUT2D eigenvalue weighted by Gasteiger charge is -2.19. The van der Waals surface area contributed by atoms with Crippen LogP contribution in [-0.2, 0) is 12.8 Å². The molecule has 0 spiro atoms. The van der Waals surface area contributed by atoms with Crippen molar-refractivity contribution in [3.8, 4) is 0 Å². The fraction of sp³-hybridized carbons (Fsp3) is 0.250. The number of nitrogens with one attached hydrogen (secondary N) is 1. The Kier molecular flexibility index (Phi) is 4.06. The van der Waals surface area contributed by atoms with Crippen molar-refractivity contribution in [3.05, 3.63) is 68.7 Å². The van der Waals surface area contributed by atoms with Crippen LogP contribution in [0, 0.1) is 11.6 Å². The lowest BCUT2D eigenvalue weighted by Crippen LogP contribution is -2.30. The molecule has 1 aliphatic carbocycles. The van der Waals surface area contributed by atoms with Gasteiger partial charge in [-0.3, -0.25) is 5.84 Å². The Morgan fingerprint density at radius 1 is 1.10 bits per heavy atom. The van der Waals surface area contributed by atoms with Crippen LogP contribution < -0.4 is 11.3 Å². The number of hydrogen-bond acceptors (Lipinski definition) is 2. The van der Waals surface area contributed by atoms with Crippen molar-refractivity contribution < 1.29 is 8.78 Å². The number of aryl methyl sites for hydroxylation is 2. The monoisotopic (exact) mass is 352 g/mol. The molecule has 3 rings (SSSR count). The predicted octanol–water partition coefficient (Wildman–Crippen LogP) is 3.77. The zero-order chi connectivity index (χ0) is 15.0. The molecule has 0 radical (unpaired) electrons. The fourth-order valence-electron chi connectivity index (χ4n) is 2.92. The molecule has 0 aromatic heterocycles. The maximum atomic E-state index is 14.3. The molecule has 0 saturated carbocycles. The van der Waals surface area contributed by atoms with Gasteiger partial charge in [0.05, 0.1) is 10.5 Å². The van der Waals surface area contributed by atoms with Crippen molar-refractivity contribution in [3.63, 3.8) is 0 Å². The molecule has 2 aromatic rings. The van der Waals surface area contributed by atoms with Gasteiger partial charge in [-0.1, -0.05) is 18.2 Å². The summed E-state index contributed by atoms with van der Waals surface area (Å²) in [5.41, 5.74) is 5.79. The van der Waals surface area contributed by atoms with Crippen molar-refractivity contribution in [1.29, 1.82) is 0 Å². The predicted molar refractivity (Wildman–Crippen MR) is 81.7 cm³/mol. The van der Waals surface area contributed by atoms with Gasteiger partial charge in [-0.2, -0.15) is 0 Å². The maximum Gasteiger partial charge on any atom is 0.145 e. The van der Waals surface area contributed by atoms with E-state index in [4.69, 9.17) is 5.84 Å². The lowest BCUT2D eigenvalue weighted by atomic mass is 9.95. The summed E-state index contributed by atoms with van der Waals surface area (Å²) in [7, 11) is 0. The number of halogens is 3.